The first-order valence-corrected chi connectivity index (χ1v) is 9.14. The van der Waals surface area contributed by atoms with E-state index >= 15 is 0 Å². The average Bonchev–Trinajstić information content (AvgIpc) is 2.58. The summed E-state index contributed by atoms with van der Waals surface area (Å²) >= 11 is 0. The number of carbonyl (C=O) groups excluding carboxylic acids is 3. The van der Waals surface area contributed by atoms with Gasteiger partial charge in [0, 0.05) is 0 Å². The molecule has 0 fully saturated rings. The molecule has 0 unspecified atom stereocenters. The molecule has 29 heavy (non-hydrogen) atoms. The number of esters is 1. The summed E-state index contributed by atoms with van der Waals surface area (Å²) in [5.41, 5.74) is -2.51. The maximum atomic E-state index is 12.2. The van der Waals surface area contributed by atoms with Crippen molar-refractivity contribution in [2.24, 2.45) is 5.92 Å². The van der Waals surface area contributed by atoms with Gasteiger partial charge in [-0.15, -0.1) is 0 Å². The monoisotopic (exact) mass is 408 g/mol. The summed E-state index contributed by atoms with van der Waals surface area (Å²) in [6, 6.07) is 7.86. The van der Waals surface area contributed by atoms with Crippen LogP contribution in [0, 0.1) is 5.92 Å². The van der Waals surface area contributed by atoms with Gasteiger partial charge in [0.15, 0.2) is 5.54 Å². The Hall–Kier alpha value is -3.10. The predicted octanol–water partition coefficient (Wildman–Crippen LogP) is 2.95. The predicted molar refractivity (Wildman–Crippen MR) is 104 cm³/mol. The van der Waals surface area contributed by atoms with E-state index in [1.807, 2.05) is 0 Å². The molecule has 0 bridgehead atoms. The van der Waals surface area contributed by atoms with Gasteiger partial charge in [0.2, 0.25) is 0 Å². The molecule has 160 valence electrons. The van der Waals surface area contributed by atoms with Gasteiger partial charge in [-0.05, 0) is 45.2 Å². The number of hydrogen-bond donors (Lipinski definition) is 3. The van der Waals surface area contributed by atoms with Gasteiger partial charge >= 0.3 is 24.1 Å². The highest BCUT2D eigenvalue weighted by molar-refractivity contribution is 5.96. The summed E-state index contributed by atoms with van der Waals surface area (Å²) in [6.45, 7) is 7.96. The SMILES string of the molecule is CC(C)C[C@](CNC(=O)OC(=O)c1ccccc1)(NC(=O)OC(C)(C)C)C(=O)O. The lowest BCUT2D eigenvalue weighted by Crippen LogP contribution is -2.62. The van der Waals surface area contributed by atoms with E-state index in [4.69, 9.17) is 4.74 Å². The van der Waals surface area contributed by atoms with Gasteiger partial charge in [-0.25, -0.2) is 19.2 Å². The second-order valence-electron chi connectivity index (χ2n) is 8.01. The third-order valence-corrected chi connectivity index (χ3v) is 3.64. The summed E-state index contributed by atoms with van der Waals surface area (Å²) in [7, 11) is 0. The highest BCUT2D eigenvalue weighted by Crippen LogP contribution is 2.19. The van der Waals surface area contributed by atoms with Crippen LogP contribution in [0.15, 0.2) is 30.3 Å². The lowest BCUT2D eigenvalue weighted by Gasteiger charge is -2.33. The fourth-order valence-corrected chi connectivity index (χ4v) is 2.56. The Balaban J connectivity index is 2.88. The molecule has 0 aliphatic heterocycles. The Morgan fingerprint density at radius 3 is 2.10 bits per heavy atom. The van der Waals surface area contributed by atoms with Crippen molar-refractivity contribution in [3.8, 4) is 0 Å². The molecule has 1 rings (SSSR count). The molecule has 0 aromatic heterocycles. The van der Waals surface area contributed by atoms with Crippen LogP contribution < -0.4 is 10.6 Å². The van der Waals surface area contributed by atoms with Crippen LogP contribution in [-0.2, 0) is 14.3 Å². The first-order valence-electron chi connectivity index (χ1n) is 9.14. The molecule has 2 amide bonds. The van der Waals surface area contributed by atoms with E-state index < -0.39 is 41.8 Å². The van der Waals surface area contributed by atoms with Crippen LogP contribution in [0.1, 0.15) is 51.4 Å². The fourth-order valence-electron chi connectivity index (χ4n) is 2.56. The third kappa shape index (κ3) is 8.20. The quantitative estimate of drug-likeness (QED) is 0.467. The largest absolute Gasteiger partial charge is 0.479 e. The van der Waals surface area contributed by atoms with Crippen LogP contribution in [0.5, 0.6) is 0 Å². The molecule has 1 atom stereocenters. The number of carboxylic acid groups (broad SMARTS) is 1. The maximum Gasteiger partial charge on any atom is 0.415 e. The molecular formula is C20H28N2O7. The van der Waals surface area contributed by atoms with Gasteiger partial charge in [0.05, 0.1) is 12.1 Å². The minimum atomic E-state index is -1.84. The van der Waals surface area contributed by atoms with Crippen LogP contribution in [0.3, 0.4) is 0 Å². The van der Waals surface area contributed by atoms with Crippen LogP contribution >= 0.6 is 0 Å². The van der Waals surface area contributed by atoms with E-state index in [-0.39, 0.29) is 17.9 Å². The van der Waals surface area contributed by atoms with Crippen molar-refractivity contribution in [1.29, 1.82) is 0 Å². The summed E-state index contributed by atoms with van der Waals surface area (Å²) < 4.78 is 9.82. The number of benzene rings is 1. The van der Waals surface area contributed by atoms with Gasteiger partial charge in [-0.1, -0.05) is 32.0 Å². The normalized spacial score (nSPS) is 13.2. The first kappa shape index (κ1) is 23.9. The Kier molecular flexibility index (Phi) is 8.17. The van der Waals surface area contributed by atoms with Crippen LogP contribution in [0.4, 0.5) is 9.59 Å². The van der Waals surface area contributed by atoms with Gasteiger partial charge in [-0.3, -0.25) is 0 Å². The number of amides is 2. The average molecular weight is 408 g/mol. The molecule has 1 aromatic rings. The lowest BCUT2D eigenvalue weighted by atomic mass is 9.88. The number of alkyl carbamates (subject to hydrolysis) is 2. The number of nitrogens with one attached hydrogen (secondary N) is 2. The summed E-state index contributed by atoms with van der Waals surface area (Å²) in [5, 5.41) is 14.4. The molecule has 0 heterocycles. The molecule has 0 radical (unpaired) electrons. The van der Waals surface area contributed by atoms with E-state index in [9.17, 15) is 24.3 Å². The van der Waals surface area contributed by atoms with Crippen LogP contribution in [0.2, 0.25) is 0 Å². The standard InChI is InChI=1S/C20H28N2O7/c1-13(2)11-20(16(24)25,22-18(27)29-19(3,4)5)12-21-17(26)28-15(23)14-9-7-6-8-10-14/h6-10,13H,11-12H2,1-5H3,(H,21,26)(H,22,27)(H,24,25)/t20-/m1/s1. The molecule has 0 aliphatic carbocycles. The lowest BCUT2D eigenvalue weighted by molar-refractivity contribution is -0.145. The Labute approximate surface area is 169 Å². The van der Waals surface area contributed by atoms with Crippen molar-refractivity contribution >= 4 is 24.1 Å². The van der Waals surface area contributed by atoms with Crippen molar-refractivity contribution in [1.82, 2.24) is 10.6 Å². The molecule has 3 N–H and O–H groups in total. The van der Waals surface area contributed by atoms with Crippen molar-refractivity contribution in [2.75, 3.05) is 6.54 Å². The van der Waals surface area contributed by atoms with Crippen molar-refractivity contribution < 1.29 is 33.8 Å². The van der Waals surface area contributed by atoms with E-state index in [1.165, 1.54) is 12.1 Å². The van der Waals surface area contributed by atoms with E-state index in [1.54, 1.807) is 52.8 Å². The van der Waals surface area contributed by atoms with Crippen molar-refractivity contribution in [2.45, 2.75) is 52.2 Å². The number of rotatable bonds is 7. The topological polar surface area (TPSA) is 131 Å². The molecule has 0 saturated heterocycles. The van der Waals surface area contributed by atoms with Crippen molar-refractivity contribution in [3.05, 3.63) is 35.9 Å². The van der Waals surface area contributed by atoms with E-state index in [0.717, 1.165) is 0 Å². The number of ether oxygens (including phenoxy) is 2. The zero-order chi connectivity index (χ0) is 22.2. The molecule has 1 aromatic carbocycles. The summed E-state index contributed by atoms with van der Waals surface area (Å²) in [4.78, 5) is 48.1. The zero-order valence-corrected chi connectivity index (χ0v) is 17.3. The zero-order valence-electron chi connectivity index (χ0n) is 17.3. The van der Waals surface area contributed by atoms with E-state index in [0.29, 0.717) is 0 Å². The summed E-state index contributed by atoms with van der Waals surface area (Å²) in [6.07, 6.45) is -2.05. The minimum absolute atomic E-state index is 0.00842. The smallest absolute Gasteiger partial charge is 0.415 e. The Morgan fingerprint density at radius 2 is 1.62 bits per heavy atom. The van der Waals surface area contributed by atoms with Crippen LogP contribution in [0.25, 0.3) is 0 Å². The Bertz CT molecular complexity index is 741. The Morgan fingerprint density at radius 1 is 1.03 bits per heavy atom. The van der Waals surface area contributed by atoms with Crippen molar-refractivity contribution in [3.63, 3.8) is 0 Å². The molecule has 9 nitrogen and oxygen atoms in total. The molecule has 0 spiro atoms. The second kappa shape index (κ2) is 9.90. The molecule has 0 aliphatic rings. The van der Waals surface area contributed by atoms with Gasteiger partial charge in [0.25, 0.3) is 0 Å². The summed E-state index contributed by atoms with van der Waals surface area (Å²) in [5.74, 6) is -2.37. The van der Waals surface area contributed by atoms with E-state index in [2.05, 4.69) is 15.4 Å². The maximum absolute atomic E-state index is 12.2. The molecule has 9 heteroatoms. The highest BCUT2D eigenvalue weighted by Gasteiger charge is 2.42. The van der Waals surface area contributed by atoms with Crippen LogP contribution in [-0.4, -0.2) is 46.9 Å². The van der Waals surface area contributed by atoms with Gasteiger partial charge in [-0.2, -0.15) is 0 Å². The molecular weight excluding hydrogens is 380 g/mol. The second-order valence-corrected chi connectivity index (χ2v) is 8.01. The minimum Gasteiger partial charge on any atom is -0.479 e. The highest BCUT2D eigenvalue weighted by atomic mass is 16.6. The molecule has 0 saturated carbocycles. The fraction of sp³-hybridized carbons (Fsp3) is 0.500. The van der Waals surface area contributed by atoms with Gasteiger partial charge in [0.1, 0.15) is 5.60 Å². The number of carboxylic acids is 1. The first-order chi connectivity index (χ1) is 13.3. The van der Waals surface area contributed by atoms with Gasteiger partial charge < -0.3 is 25.2 Å². The third-order valence-electron chi connectivity index (χ3n) is 3.64. The number of aliphatic carboxylic acids is 1. The number of hydrogen-bond acceptors (Lipinski definition) is 6. The number of carbonyl (C=O) groups is 4.